The molecule has 4 unspecified atom stereocenters. The molecular weight excluding hydrogens is 705 g/mol. The maximum atomic E-state index is 14.0. The summed E-state index contributed by atoms with van der Waals surface area (Å²) in [6.45, 7) is 8.83. The van der Waals surface area contributed by atoms with Gasteiger partial charge in [-0.2, -0.15) is 0 Å². The second-order valence-corrected chi connectivity index (χ2v) is 16.9. The minimum absolute atomic E-state index is 0.175. The number of nitrogens with zero attached hydrogens (tertiary/aromatic N) is 1. The van der Waals surface area contributed by atoms with E-state index in [1.165, 1.54) is 11.1 Å². The van der Waals surface area contributed by atoms with E-state index in [4.69, 9.17) is 15.2 Å². The van der Waals surface area contributed by atoms with Crippen molar-refractivity contribution in [3.63, 3.8) is 0 Å². The van der Waals surface area contributed by atoms with E-state index in [1.807, 2.05) is 93.6 Å². The third-order valence-corrected chi connectivity index (χ3v) is 11.3. The van der Waals surface area contributed by atoms with Crippen LogP contribution in [0.4, 0.5) is 0 Å². The molecule has 0 saturated carbocycles. The fraction of sp³-hybridized carbons (Fsp3) is 0.405. The van der Waals surface area contributed by atoms with Gasteiger partial charge in [0, 0.05) is 42.8 Å². The van der Waals surface area contributed by atoms with Crippen LogP contribution in [0.5, 0.6) is 11.5 Å². The van der Waals surface area contributed by atoms with Crippen LogP contribution in [-0.4, -0.2) is 65.5 Å². The maximum Gasteiger partial charge on any atom is 0.268 e. The van der Waals surface area contributed by atoms with Gasteiger partial charge in [-0.25, -0.2) is 0 Å². The Kier molecular flexibility index (Phi) is 12.0. The number of amides is 1. The Morgan fingerprint density at radius 2 is 1.72 bits per heavy atom. The van der Waals surface area contributed by atoms with Crippen LogP contribution in [0.25, 0.3) is 0 Å². The molecule has 2 heterocycles. The first kappa shape index (κ1) is 39.6. The fourth-order valence-electron chi connectivity index (χ4n) is 8.26. The number of hydrogen-bond donors (Lipinski definition) is 4. The molecule has 4 atom stereocenters. The molecule has 2 aliphatic heterocycles. The SMILES string of the molecule is CC(C)(C)NCC(O)c1ccc(OCOP(=O)([O-])O)c(C[N+]2(CCc3ccc4c(c3)CCO4)CCC(C(C(N)=O)(c3ccccc3)c3ccccc3)C2)c1. The number of nitrogens with one attached hydrogen (secondary N) is 1. The minimum Gasteiger partial charge on any atom is -0.756 e. The smallest absolute Gasteiger partial charge is 0.268 e. The molecule has 0 aromatic heterocycles. The summed E-state index contributed by atoms with van der Waals surface area (Å²) in [5.74, 6) is 0.705. The van der Waals surface area contributed by atoms with Crippen molar-refractivity contribution in [3.8, 4) is 11.5 Å². The summed E-state index contributed by atoms with van der Waals surface area (Å²) in [5.41, 5.74) is 10.7. The number of aliphatic hydroxyl groups is 1. The summed E-state index contributed by atoms with van der Waals surface area (Å²) in [5, 5.41) is 14.6. The van der Waals surface area contributed by atoms with Crippen LogP contribution in [0, 0.1) is 5.92 Å². The van der Waals surface area contributed by atoms with Crippen LogP contribution in [0.1, 0.15) is 66.7 Å². The molecule has 4 aromatic rings. The average molecular weight is 758 g/mol. The van der Waals surface area contributed by atoms with Crippen molar-refractivity contribution in [1.29, 1.82) is 0 Å². The van der Waals surface area contributed by atoms with Gasteiger partial charge in [0.05, 0.1) is 32.3 Å². The average Bonchev–Trinajstić information content (AvgIpc) is 3.78. The first-order chi connectivity index (χ1) is 25.7. The first-order valence-electron chi connectivity index (χ1n) is 18.6. The number of quaternary nitrogens is 1. The number of carbonyl (C=O) groups is 1. The number of hydrogen-bond acceptors (Lipinski definition) is 8. The number of benzene rings is 4. The van der Waals surface area contributed by atoms with Crippen molar-refractivity contribution in [2.75, 3.05) is 39.6 Å². The summed E-state index contributed by atoms with van der Waals surface area (Å²) < 4.78 is 28.2. The van der Waals surface area contributed by atoms with Gasteiger partial charge in [0.25, 0.3) is 7.82 Å². The van der Waals surface area contributed by atoms with Gasteiger partial charge in [-0.1, -0.05) is 78.9 Å². The van der Waals surface area contributed by atoms with Crippen molar-refractivity contribution in [3.05, 3.63) is 130 Å². The van der Waals surface area contributed by atoms with Crippen LogP contribution in [0.2, 0.25) is 0 Å². The maximum absolute atomic E-state index is 14.0. The standard InChI is InChI=1S/C42H52N3O8P/c1-41(2,3)44-26-37(46)31-15-17-39(52-29-53-54(48,49)50)33(25-31)27-45(21-18-30-14-16-38-32(24-30)20-23-51-38)22-19-36(28-45)42(40(43)47,34-10-6-4-7-11-34)35-12-8-5-9-13-35/h4-17,24-25,36-37,44,46H,18-23,26-29H2,1-3H3,(H3-,43,47,48,49,50). The van der Waals surface area contributed by atoms with E-state index in [2.05, 4.69) is 22.0 Å². The Labute approximate surface area is 317 Å². The molecule has 54 heavy (non-hydrogen) atoms. The zero-order chi connectivity index (χ0) is 38.6. The predicted molar refractivity (Wildman–Crippen MR) is 204 cm³/mol. The number of primary amides is 1. The molecule has 11 nitrogen and oxygen atoms in total. The highest BCUT2D eigenvalue weighted by Crippen LogP contribution is 2.47. The van der Waals surface area contributed by atoms with Crippen LogP contribution >= 0.6 is 7.82 Å². The van der Waals surface area contributed by atoms with Gasteiger partial charge in [0.2, 0.25) is 5.91 Å². The van der Waals surface area contributed by atoms with Gasteiger partial charge in [0.15, 0.2) is 6.79 Å². The van der Waals surface area contributed by atoms with E-state index in [0.29, 0.717) is 55.0 Å². The number of phosphoric acid groups is 1. The summed E-state index contributed by atoms with van der Waals surface area (Å²) in [4.78, 5) is 34.7. The number of fused-ring (bicyclic) bond motifs is 1. The van der Waals surface area contributed by atoms with Crippen LogP contribution in [0.3, 0.4) is 0 Å². The molecule has 4 aromatic carbocycles. The number of ether oxygens (including phenoxy) is 2. The molecule has 12 heteroatoms. The summed E-state index contributed by atoms with van der Waals surface area (Å²) >= 11 is 0. The Morgan fingerprint density at radius 1 is 1.04 bits per heavy atom. The summed E-state index contributed by atoms with van der Waals surface area (Å²) in [7, 11) is -5.04. The zero-order valence-corrected chi connectivity index (χ0v) is 32.2. The number of phosphoric ester groups is 1. The number of β-amino-alcohol motifs (C(OH)–C–C–N with tert-alkyl or cyclic N) is 1. The first-order valence-corrected chi connectivity index (χ1v) is 20.0. The van der Waals surface area contributed by atoms with Crippen LogP contribution < -0.4 is 25.4 Å². The molecule has 0 spiro atoms. The van der Waals surface area contributed by atoms with Gasteiger partial charge in [-0.05, 0) is 66.8 Å². The van der Waals surface area contributed by atoms with Gasteiger partial charge < -0.3 is 39.9 Å². The van der Waals surface area contributed by atoms with E-state index in [1.54, 1.807) is 12.1 Å². The zero-order valence-electron chi connectivity index (χ0n) is 31.3. The number of aliphatic hydroxyl groups excluding tert-OH is 1. The largest absolute Gasteiger partial charge is 0.756 e. The second kappa shape index (κ2) is 16.4. The highest BCUT2D eigenvalue weighted by atomic mass is 31.2. The van der Waals surface area contributed by atoms with Crippen LogP contribution in [0.15, 0.2) is 97.1 Å². The third kappa shape index (κ3) is 9.24. The Hall–Kier alpha value is -4.06. The van der Waals surface area contributed by atoms with Crippen molar-refractivity contribution < 1.29 is 42.7 Å². The Bertz CT molecular complexity index is 1910. The number of rotatable bonds is 16. The highest BCUT2D eigenvalue weighted by molar-refractivity contribution is 7.44. The Morgan fingerprint density at radius 3 is 2.35 bits per heavy atom. The molecule has 2 aliphatic rings. The molecule has 0 radical (unpaired) electrons. The molecule has 1 fully saturated rings. The molecule has 0 aliphatic carbocycles. The third-order valence-electron chi connectivity index (χ3n) is 10.9. The van der Waals surface area contributed by atoms with E-state index in [0.717, 1.165) is 41.8 Å². The summed E-state index contributed by atoms with van der Waals surface area (Å²) in [6.07, 6.45) is 1.49. The summed E-state index contributed by atoms with van der Waals surface area (Å²) in [6, 6.07) is 31.3. The van der Waals surface area contributed by atoms with Gasteiger partial charge in [-0.15, -0.1) is 0 Å². The number of nitrogens with two attached hydrogens (primary N) is 1. The van der Waals surface area contributed by atoms with Crippen molar-refractivity contribution in [2.45, 2.75) is 63.6 Å². The lowest BCUT2D eigenvalue weighted by Crippen LogP contribution is -2.52. The van der Waals surface area contributed by atoms with Crippen molar-refractivity contribution in [2.24, 2.45) is 11.7 Å². The minimum atomic E-state index is -5.04. The second-order valence-electron chi connectivity index (χ2n) is 15.7. The molecule has 288 valence electrons. The van der Waals surface area contributed by atoms with E-state index >= 15 is 0 Å². The molecule has 1 amide bonds. The lowest BCUT2D eigenvalue weighted by Gasteiger charge is -2.40. The topological polar surface area (TPSA) is 163 Å². The van der Waals surface area contributed by atoms with Gasteiger partial charge >= 0.3 is 0 Å². The van der Waals surface area contributed by atoms with Crippen LogP contribution in [-0.2, 0) is 38.7 Å². The molecule has 0 bridgehead atoms. The number of likely N-dealkylation sites (tertiary alicyclic amines) is 1. The predicted octanol–water partition coefficient (Wildman–Crippen LogP) is 4.91. The van der Waals surface area contributed by atoms with Crippen molar-refractivity contribution in [1.82, 2.24) is 5.32 Å². The number of carbonyl (C=O) groups excluding carboxylic acids is 1. The highest BCUT2D eigenvalue weighted by Gasteiger charge is 2.54. The van der Waals surface area contributed by atoms with Gasteiger partial charge in [-0.3, -0.25) is 13.9 Å². The van der Waals surface area contributed by atoms with E-state index < -0.39 is 32.0 Å². The lowest BCUT2D eigenvalue weighted by molar-refractivity contribution is -0.931. The molecule has 1 saturated heterocycles. The monoisotopic (exact) mass is 757 g/mol. The quantitative estimate of drug-likeness (QED) is 0.0707. The normalized spacial score (nSPS) is 20.1. The molecule has 6 rings (SSSR count). The molecular formula is C42H52N3O8P. The van der Waals surface area contributed by atoms with E-state index in [-0.39, 0.29) is 11.5 Å². The van der Waals surface area contributed by atoms with Crippen molar-refractivity contribution >= 4 is 13.7 Å². The van der Waals surface area contributed by atoms with E-state index in [9.17, 15) is 24.3 Å². The van der Waals surface area contributed by atoms with Gasteiger partial charge in [0.1, 0.15) is 23.5 Å². The Balaban J connectivity index is 1.41. The lowest BCUT2D eigenvalue weighted by atomic mass is 9.64. The molecule has 5 N–H and O–H groups in total. The fourth-order valence-corrected chi connectivity index (χ4v) is 8.44.